The van der Waals surface area contributed by atoms with Crippen molar-refractivity contribution in [2.24, 2.45) is 5.73 Å². The predicted octanol–water partition coefficient (Wildman–Crippen LogP) is 1.95. The van der Waals surface area contributed by atoms with Crippen LogP contribution in [0, 0.1) is 12.3 Å². The Morgan fingerprint density at radius 1 is 1.58 bits per heavy atom. The van der Waals surface area contributed by atoms with Crippen LogP contribution in [0.25, 0.3) is 0 Å². The molecule has 1 rings (SSSR count). The third-order valence-electron chi connectivity index (χ3n) is 1.56. The first-order valence-electron chi connectivity index (χ1n) is 3.68. The molecular weight excluding hydrogens is 214 g/mol. The molecule has 0 amide bonds. The number of nitrogens with two attached hydrogens (primary N) is 1. The molecule has 2 N–H and O–H groups in total. The molecule has 2 heteroatoms. The smallest absolute Gasteiger partial charge is 0.0702 e. The van der Waals surface area contributed by atoms with Gasteiger partial charge in [0.25, 0.3) is 0 Å². The standard InChI is InChI=1S/C10H10BrN/c1-2-10(12)7-8-4-3-5-9(11)6-8/h1,3-6,10H,7,12H2. The van der Waals surface area contributed by atoms with Gasteiger partial charge in [0.2, 0.25) is 0 Å². The van der Waals surface area contributed by atoms with E-state index in [2.05, 4.69) is 21.9 Å². The molecule has 0 bridgehead atoms. The van der Waals surface area contributed by atoms with Crippen LogP contribution in [0.3, 0.4) is 0 Å². The summed E-state index contributed by atoms with van der Waals surface area (Å²) in [4.78, 5) is 0. The second kappa shape index (κ2) is 4.30. The van der Waals surface area contributed by atoms with Crippen molar-refractivity contribution in [3.05, 3.63) is 34.3 Å². The molecule has 1 unspecified atom stereocenters. The Labute approximate surface area is 81.1 Å². The van der Waals surface area contributed by atoms with Crippen LogP contribution in [-0.2, 0) is 6.42 Å². The molecule has 0 saturated heterocycles. The van der Waals surface area contributed by atoms with E-state index in [0.717, 1.165) is 16.5 Å². The van der Waals surface area contributed by atoms with E-state index in [1.807, 2.05) is 24.3 Å². The van der Waals surface area contributed by atoms with Crippen LogP contribution < -0.4 is 5.73 Å². The molecule has 1 atom stereocenters. The average Bonchev–Trinajstić information content (AvgIpc) is 2.04. The Morgan fingerprint density at radius 3 is 2.92 bits per heavy atom. The first-order valence-corrected chi connectivity index (χ1v) is 4.48. The van der Waals surface area contributed by atoms with Crippen molar-refractivity contribution in [2.45, 2.75) is 12.5 Å². The van der Waals surface area contributed by atoms with Crippen LogP contribution >= 0.6 is 15.9 Å². The summed E-state index contributed by atoms with van der Waals surface area (Å²) in [6.45, 7) is 0. The lowest BCUT2D eigenvalue weighted by molar-refractivity contribution is 0.835. The number of hydrogen-bond acceptors (Lipinski definition) is 1. The molecule has 0 spiro atoms. The highest BCUT2D eigenvalue weighted by molar-refractivity contribution is 9.10. The lowest BCUT2D eigenvalue weighted by Gasteiger charge is -2.03. The highest BCUT2D eigenvalue weighted by Gasteiger charge is 1.99. The second-order valence-electron chi connectivity index (χ2n) is 2.61. The van der Waals surface area contributed by atoms with Gasteiger partial charge in [0.1, 0.15) is 0 Å². The highest BCUT2D eigenvalue weighted by Crippen LogP contribution is 2.12. The van der Waals surface area contributed by atoms with Crippen molar-refractivity contribution < 1.29 is 0 Å². The van der Waals surface area contributed by atoms with Crippen LogP contribution in [0.2, 0.25) is 0 Å². The van der Waals surface area contributed by atoms with E-state index in [0.29, 0.717) is 0 Å². The van der Waals surface area contributed by atoms with Crippen LogP contribution in [0.5, 0.6) is 0 Å². The maximum atomic E-state index is 5.60. The normalized spacial score (nSPS) is 12.1. The van der Waals surface area contributed by atoms with Crippen molar-refractivity contribution in [3.8, 4) is 12.3 Å². The summed E-state index contributed by atoms with van der Waals surface area (Å²) in [5.41, 5.74) is 6.77. The average molecular weight is 224 g/mol. The van der Waals surface area contributed by atoms with E-state index in [-0.39, 0.29) is 6.04 Å². The van der Waals surface area contributed by atoms with Crippen molar-refractivity contribution in [1.82, 2.24) is 0 Å². The van der Waals surface area contributed by atoms with Crippen LogP contribution in [0.4, 0.5) is 0 Å². The fraction of sp³-hybridized carbons (Fsp3) is 0.200. The molecule has 0 aliphatic heterocycles. The van der Waals surface area contributed by atoms with E-state index < -0.39 is 0 Å². The number of halogens is 1. The molecule has 0 fully saturated rings. The topological polar surface area (TPSA) is 26.0 Å². The summed E-state index contributed by atoms with van der Waals surface area (Å²) in [5, 5.41) is 0. The van der Waals surface area contributed by atoms with Gasteiger partial charge in [-0.25, -0.2) is 0 Å². The molecule has 0 aliphatic carbocycles. The predicted molar refractivity (Wildman–Crippen MR) is 54.7 cm³/mol. The lowest BCUT2D eigenvalue weighted by Crippen LogP contribution is -2.19. The van der Waals surface area contributed by atoms with E-state index in [1.54, 1.807) is 0 Å². The Morgan fingerprint density at radius 2 is 2.33 bits per heavy atom. The summed E-state index contributed by atoms with van der Waals surface area (Å²) in [6.07, 6.45) is 5.90. The van der Waals surface area contributed by atoms with Crippen LogP contribution in [0.1, 0.15) is 5.56 Å². The quantitative estimate of drug-likeness (QED) is 0.763. The molecule has 62 valence electrons. The zero-order valence-electron chi connectivity index (χ0n) is 6.63. The van der Waals surface area contributed by atoms with Crippen LogP contribution in [0.15, 0.2) is 28.7 Å². The molecular formula is C10H10BrN. The van der Waals surface area contributed by atoms with E-state index in [4.69, 9.17) is 12.2 Å². The number of rotatable bonds is 2. The van der Waals surface area contributed by atoms with Gasteiger partial charge in [-0.15, -0.1) is 6.42 Å². The van der Waals surface area contributed by atoms with Crippen molar-refractivity contribution in [3.63, 3.8) is 0 Å². The van der Waals surface area contributed by atoms with Gasteiger partial charge in [-0.05, 0) is 24.1 Å². The number of benzene rings is 1. The zero-order valence-corrected chi connectivity index (χ0v) is 8.21. The zero-order chi connectivity index (χ0) is 8.97. The minimum absolute atomic E-state index is 0.181. The maximum absolute atomic E-state index is 5.60. The van der Waals surface area contributed by atoms with Crippen molar-refractivity contribution in [1.29, 1.82) is 0 Å². The molecule has 0 aromatic heterocycles. The molecule has 0 saturated carbocycles. The summed E-state index contributed by atoms with van der Waals surface area (Å²) in [5.74, 6) is 2.50. The first-order chi connectivity index (χ1) is 5.72. The summed E-state index contributed by atoms with van der Waals surface area (Å²) < 4.78 is 1.06. The monoisotopic (exact) mass is 223 g/mol. The number of hydrogen-bond donors (Lipinski definition) is 1. The van der Waals surface area contributed by atoms with Gasteiger partial charge in [-0.3, -0.25) is 0 Å². The minimum Gasteiger partial charge on any atom is -0.317 e. The van der Waals surface area contributed by atoms with Gasteiger partial charge in [-0.2, -0.15) is 0 Å². The Kier molecular flexibility index (Phi) is 3.33. The Bertz CT molecular complexity index is 301. The molecule has 1 nitrogen and oxygen atoms in total. The van der Waals surface area contributed by atoms with Gasteiger partial charge < -0.3 is 5.73 Å². The molecule has 0 radical (unpaired) electrons. The van der Waals surface area contributed by atoms with E-state index >= 15 is 0 Å². The largest absolute Gasteiger partial charge is 0.317 e. The summed E-state index contributed by atoms with van der Waals surface area (Å²) >= 11 is 3.38. The fourth-order valence-corrected chi connectivity index (χ4v) is 1.42. The highest BCUT2D eigenvalue weighted by atomic mass is 79.9. The third-order valence-corrected chi connectivity index (χ3v) is 2.05. The van der Waals surface area contributed by atoms with Gasteiger partial charge in [0.05, 0.1) is 6.04 Å². The molecule has 1 aromatic rings. The fourth-order valence-electron chi connectivity index (χ4n) is 0.977. The number of terminal acetylenes is 1. The van der Waals surface area contributed by atoms with Gasteiger partial charge in [0.15, 0.2) is 0 Å². The lowest BCUT2D eigenvalue weighted by atomic mass is 10.1. The van der Waals surface area contributed by atoms with E-state index in [1.165, 1.54) is 0 Å². The molecule has 0 heterocycles. The van der Waals surface area contributed by atoms with Gasteiger partial charge in [0, 0.05) is 4.47 Å². The van der Waals surface area contributed by atoms with Gasteiger partial charge in [-0.1, -0.05) is 34.0 Å². The Balaban J connectivity index is 2.71. The second-order valence-corrected chi connectivity index (χ2v) is 3.52. The Hall–Kier alpha value is -0.780. The summed E-state index contributed by atoms with van der Waals surface area (Å²) in [7, 11) is 0. The first kappa shape index (κ1) is 9.31. The SMILES string of the molecule is C#CC(N)Cc1cccc(Br)c1. The van der Waals surface area contributed by atoms with Crippen molar-refractivity contribution >= 4 is 15.9 Å². The van der Waals surface area contributed by atoms with Crippen LogP contribution in [-0.4, -0.2) is 6.04 Å². The summed E-state index contributed by atoms with van der Waals surface area (Å²) in [6, 6.07) is 7.81. The van der Waals surface area contributed by atoms with Gasteiger partial charge >= 0.3 is 0 Å². The third kappa shape index (κ3) is 2.69. The van der Waals surface area contributed by atoms with E-state index in [9.17, 15) is 0 Å². The minimum atomic E-state index is -0.181. The molecule has 1 aromatic carbocycles. The molecule has 0 aliphatic rings. The molecule has 12 heavy (non-hydrogen) atoms. The maximum Gasteiger partial charge on any atom is 0.0702 e. The van der Waals surface area contributed by atoms with Crippen molar-refractivity contribution in [2.75, 3.05) is 0 Å².